The molecule has 134 valence electrons. The first kappa shape index (κ1) is 19.8. The molecule has 0 unspecified atom stereocenters. The van der Waals surface area contributed by atoms with Crippen molar-refractivity contribution < 1.29 is 4.18 Å². The molecule has 0 radical (unpaired) electrons. The summed E-state index contributed by atoms with van der Waals surface area (Å²) in [5.74, 6) is 0. The number of rotatable bonds is 8. The van der Waals surface area contributed by atoms with Crippen molar-refractivity contribution in [3.8, 4) is 6.07 Å². The van der Waals surface area contributed by atoms with Gasteiger partial charge in [-0.15, -0.1) is 0 Å². The summed E-state index contributed by atoms with van der Waals surface area (Å²) < 4.78 is 7.88. The maximum atomic E-state index is 8.92. The van der Waals surface area contributed by atoms with Crippen molar-refractivity contribution in [1.29, 1.82) is 5.26 Å². The number of imidazole rings is 1. The minimum Gasteiger partial charge on any atom is -0.330 e. The highest BCUT2D eigenvalue weighted by atomic mass is 35.5. The van der Waals surface area contributed by atoms with E-state index in [0.717, 1.165) is 31.4 Å². The van der Waals surface area contributed by atoms with Crippen LogP contribution in [0.4, 0.5) is 0 Å². The number of hydrogen-bond donors (Lipinski definition) is 0. The molecule has 0 spiro atoms. The van der Waals surface area contributed by atoms with E-state index in [1.54, 1.807) is 12.1 Å². The van der Waals surface area contributed by atoms with Gasteiger partial charge >= 0.3 is 0 Å². The first-order chi connectivity index (χ1) is 11.9. The van der Waals surface area contributed by atoms with Crippen LogP contribution in [0.1, 0.15) is 50.4 Å². The third kappa shape index (κ3) is 6.74. The predicted octanol–water partition coefficient (Wildman–Crippen LogP) is 5.24. The Balaban J connectivity index is 1.83. The molecule has 2 aromatic rings. The lowest BCUT2D eigenvalue weighted by Gasteiger charge is -2.16. The molecular formula is C19H24ClN3OS. The van der Waals surface area contributed by atoms with Crippen LogP contribution in [0.2, 0.25) is 5.02 Å². The number of aromatic nitrogens is 2. The summed E-state index contributed by atoms with van der Waals surface area (Å²) in [4.78, 5) is 4.26. The van der Waals surface area contributed by atoms with Crippen molar-refractivity contribution >= 4 is 23.6 Å². The molecule has 0 saturated heterocycles. The number of nitriles is 1. The second-order valence-electron chi connectivity index (χ2n) is 6.91. The zero-order valence-electron chi connectivity index (χ0n) is 15.0. The van der Waals surface area contributed by atoms with Crippen LogP contribution in [-0.4, -0.2) is 20.9 Å². The Kier molecular flexibility index (Phi) is 7.37. The van der Waals surface area contributed by atoms with Crippen LogP contribution in [0.15, 0.2) is 30.7 Å². The van der Waals surface area contributed by atoms with Crippen LogP contribution in [0.5, 0.6) is 0 Å². The van der Waals surface area contributed by atoms with Crippen LogP contribution >= 0.6 is 23.6 Å². The van der Waals surface area contributed by atoms with Gasteiger partial charge in [0, 0.05) is 21.7 Å². The molecule has 1 heterocycles. The molecule has 1 aromatic carbocycles. The van der Waals surface area contributed by atoms with E-state index in [4.69, 9.17) is 21.0 Å². The third-order valence-electron chi connectivity index (χ3n) is 3.54. The molecule has 0 aliphatic heterocycles. The third-order valence-corrected chi connectivity index (χ3v) is 4.68. The van der Waals surface area contributed by atoms with E-state index in [2.05, 4.69) is 36.4 Å². The molecule has 0 fully saturated rings. The monoisotopic (exact) mass is 377 g/mol. The Morgan fingerprint density at radius 1 is 1.32 bits per heavy atom. The van der Waals surface area contributed by atoms with Crippen molar-refractivity contribution in [3.63, 3.8) is 0 Å². The second-order valence-corrected chi connectivity index (χ2v) is 8.94. The predicted molar refractivity (Wildman–Crippen MR) is 104 cm³/mol. The molecule has 0 aliphatic carbocycles. The Morgan fingerprint density at radius 3 is 2.80 bits per heavy atom. The van der Waals surface area contributed by atoms with Gasteiger partial charge in [-0.05, 0) is 69.8 Å². The molecule has 25 heavy (non-hydrogen) atoms. The normalized spacial score (nSPS) is 11.5. The summed E-state index contributed by atoms with van der Waals surface area (Å²) in [5, 5.41) is 9.54. The zero-order chi connectivity index (χ0) is 18.3. The number of halogens is 1. The van der Waals surface area contributed by atoms with Gasteiger partial charge in [0.2, 0.25) is 0 Å². The first-order valence-corrected chi connectivity index (χ1v) is 9.49. The van der Waals surface area contributed by atoms with Crippen molar-refractivity contribution in [2.75, 3.05) is 6.61 Å². The van der Waals surface area contributed by atoms with Crippen molar-refractivity contribution in [2.45, 2.75) is 51.3 Å². The number of hydrogen-bond acceptors (Lipinski definition) is 4. The minimum absolute atomic E-state index is 0.138. The fraction of sp³-hybridized carbons (Fsp3) is 0.474. The molecule has 0 amide bonds. The molecule has 1 aromatic heterocycles. The lowest BCUT2D eigenvalue weighted by molar-refractivity contribution is 0.351. The Bertz CT molecular complexity index is 731. The van der Waals surface area contributed by atoms with Gasteiger partial charge in [0.15, 0.2) is 0 Å². The van der Waals surface area contributed by atoms with Crippen LogP contribution in [-0.2, 0) is 17.1 Å². The maximum Gasteiger partial charge on any atom is 0.0992 e. The smallest absolute Gasteiger partial charge is 0.0992 e. The number of benzene rings is 1. The second kappa shape index (κ2) is 9.28. The van der Waals surface area contributed by atoms with Crippen LogP contribution < -0.4 is 0 Å². The van der Waals surface area contributed by atoms with Gasteiger partial charge in [0.25, 0.3) is 0 Å². The quantitative estimate of drug-likeness (QED) is 0.466. The minimum atomic E-state index is 0.138. The summed E-state index contributed by atoms with van der Waals surface area (Å²) in [7, 11) is 0. The molecule has 0 atom stereocenters. The zero-order valence-corrected chi connectivity index (χ0v) is 16.5. The van der Waals surface area contributed by atoms with Gasteiger partial charge in [-0.3, -0.25) is 0 Å². The van der Waals surface area contributed by atoms with Crippen molar-refractivity contribution in [2.24, 2.45) is 0 Å². The molecule has 4 nitrogen and oxygen atoms in total. The van der Waals surface area contributed by atoms with E-state index in [0.29, 0.717) is 17.1 Å². The average molecular weight is 378 g/mol. The van der Waals surface area contributed by atoms with Gasteiger partial charge in [0.1, 0.15) is 0 Å². The van der Waals surface area contributed by atoms with Gasteiger partial charge in [-0.25, -0.2) is 4.98 Å². The average Bonchev–Trinajstić information content (AvgIpc) is 2.99. The maximum absolute atomic E-state index is 8.92. The Morgan fingerprint density at radius 2 is 2.12 bits per heavy atom. The fourth-order valence-electron chi connectivity index (χ4n) is 2.31. The molecule has 6 heteroatoms. The molecule has 0 aliphatic rings. The van der Waals surface area contributed by atoms with Gasteiger partial charge < -0.3 is 8.75 Å². The molecular weight excluding hydrogens is 354 g/mol. The highest BCUT2D eigenvalue weighted by Gasteiger charge is 2.11. The fourth-order valence-corrected chi connectivity index (χ4v) is 3.11. The van der Waals surface area contributed by atoms with E-state index in [1.165, 1.54) is 17.7 Å². The van der Waals surface area contributed by atoms with Gasteiger partial charge in [-0.2, -0.15) is 5.26 Å². The molecule has 0 saturated carbocycles. The van der Waals surface area contributed by atoms with Crippen molar-refractivity contribution in [1.82, 2.24) is 9.55 Å². The van der Waals surface area contributed by atoms with E-state index in [9.17, 15) is 0 Å². The van der Waals surface area contributed by atoms with E-state index < -0.39 is 0 Å². The van der Waals surface area contributed by atoms with E-state index in [1.807, 2.05) is 18.6 Å². The number of aryl methyl sites for hydroxylation is 1. The van der Waals surface area contributed by atoms with Gasteiger partial charge in [-0.1, -0.05) is 17.7 Å². The largest absolute Gasteiger partial charge is 0.330 e. The molecule has 0 bridgehead atoms. The topological polar surface area (TPSA) is 50.8 Å². The van der Waals surface area contributed by atoms with Crippen LogP contribution in [0, 0.1) is 11.3 Å². The summed E-state index contributed by atoms with van der Waals surface area (Å²) >= 11 is 7.81. The highest BCUT2D eigenvalue weighted by Crippen LogP contribution is 2.24. The highest BCUT2D eigenvalue weighted by molar-refractivity contribution is 7.96. The first-order valence-electron chi connectivity index (χ1n) is 8.37. The summed E-state index contributed by atoms with van der Waals surface area (Å²) in [6, 6.07) is 7.51. The summed E-state index contributed by atoms with van der Waals surface area (Å²) in [6.07, 6.45) is 6.76. The summed E-state index contributed by atoms with van der Waals surface area (Å²) in [6.45, 7) is 7.85. The Labute approximate surface area is 159 Å². The van der Waals surface area contributed by atoms with Crippen LogP contribution in [0.25, 0.3) is 0 Å². The lowest BCUT2D eigenvalue weighted by atomic mass is 10.1. The molecule has 0 N–H and O–H groups in total. The SMILES string of the molecule is CC(C)(C)SOCCCCc1cncn1Cc1ccc(C#N)cc1Cl. The van der Waals surface area contributed by atoms with Crippen LogP contribution in [0.3, 0.4) is 0 Å². The standard InChI is InChI=1S/C19H24ClN3OS/c1-19(2,3)25-24-9-5-4-6-17-12-22-14-23(17)13-16-8-7-15(11-21)10-18(16)20/h7-8,10,12,14H,4-6,9,13H2,1-3H3. The van der Waals surface area contributed by atoms with Crippen molar-refractivity contribution in [3.05, 3.63) is 52.6 Å². The van der Waals surface area contributed by atoms with E-state index in [-0.39, 0.29) is 4.75 Å². The van der Waals surface area contributed by atoms with Gasteiger partial charge in [0.05, 0.1) is 31.1 Å². The molecule has 2 rings (SSSR count). The summed E-state index contributed by atoms with van der Waals surface area (Å²) in [5.41, 5.74) is 2.75. The Hall–Kier alpha value is -1.48. The lowest BCUT2D eigenvalue weighted by Crippen LogP contribution is -2.08. The van der Waals surface area contributed by atoms with E-state index >= 15 is 0 Å². The number of nitrogens with zero attached hydrogens (tertiary/aromatic N) is 3. The number of unbranched alkanes of at least 4 members (excludes halogenated alkanes) is 1.